The molecular formula is C19H24O2. The molecule has 2 saturated carbocycles. The number of Topliss-reactive ketones (excluding diaryl/α,β-unsaturated/α-hetero) is 1. The van der Waals surface area contributed by atoms with E-state index in [1.807, 2.05) is 0 Å². The van der Waals surface area contributed by atoms with E-state index in [-0.39, 0.29) is 5.41 Å². The molecule has 2 heteroatoms. The molecule has 0 spiro atoms. The van der Waals surface area contributed by atoms with Gasteiger partial charge in [0.15, 0.2) is 0 Å². The van der Waals surface area contributed by atoms with Crippen molar-refractivity contribution < 1.29 is 9.53 Å². The highest BCUT2D eigenvalue weighted by Crippen LogP contribution is 2.59. The van der Waals surface area contributed by atoms with Crippen LogP contribution in [0.15, 0.2) is 18.2 Å². The zero-order valence-electron chi connectivity index (χ0n) is 13.0. The van der Waals surface area contributed by atoms with Crippen molar-refractivity contribution in [1.82, 2.24) is 0 Å². The number of benzene rings is 1. The molecule has 1 aromatic rings. The van der Waals surface area contributed by atoms with Crippen LogP contribution in [-0.2, 0) is 11.2 Å². The highest BCUT2D eigenvalue weighted by Gasteiger charge is 2.54. The number of aryl methyl sites for hydroxylation is 1. The number of carbonyl (C=O) groups is 1. The van der Waals surface area contributed by atoms with Crippen LogP contribution in [0.25, 0.3) is 0 Å². The molecule has 0 N–H and O–H groups in total. The normalized spacial score (nSPS) is 37.6. The molecule has 1 aromatic carbocycles. The summed E-state index contributed by atoms with van der Waals surface area (Å²) in [6.07, 6.45) is 6.61. The Bertz CT molecular complexity index is 591. The Hall–Kier alpha value is -1.31. The van der Waals surface area contributed by atoms with E-state index in [4.69, 9.17) is 4.74 Å². The molecule has 2 fully saturated rings. The summed E-state index contributed by atoms with van der Waals surface area (Å²) < 4.78 is 5.37. The lowest BCUT2D eigenvalue weighted by atomic mass is 9.55. The fourth-order valence-electron chi connectivity index (χ4n) is 5.46. The quantitative estimate of drug-likeness (QED) is 0.775. The number of fused-ring (bicyclic) bond motifs is 5. The minimum Gasteiger partial charge on any atom is -0.497 e. The van der Waals surface area contributed by atoms with Gasteiger partial charge >= 0.3 is 0 Å². The zero-order valence-corrected chi connectivity index (χ0v) is 13.0. The second kappa shape index (κ2) is 4.59. The number of methoxy groups -OCH3 is 1. The van der Waals surface area contributed by atoms with Gasteiger partial charge in [-0.15, -0.1) is 0 Å². The smallest absolute Gasteiger partial charge is 0.139 e. The topological polar surface area (TPSA) is 26.3 Å². The van der Waals surface area contributed by atoms with E-state index in [2.05, 4.69) is 25.1 Å². The lowest BCUT2D eigenvalue weighted by Crippen LogP contribution is -2.42. The monoisotopic (exact) mass is 284 g/mol. The van der Waals surface area contributed by atoms with Gasteiger partial charge < -0.3 is 4.74 Å². The molecule has 0 aliphatic heterocycles. The Morgan fingerprint density at radius 1 is 1.19 bits per heavy atom. The van der Waals surface area contributed by atoms with Gasteiger partial charge in [-0.25, -0.2) is 0 Å². The SMILES string of the molecule is COc1ccc2c(c1)CCC1C2CC[C@]2(C)C(=O)CCC12. The molecule has 112 valence electrons. The van der Waals surface area contributed by atoms with Crippen LogP contribution in [0.1, 0.15) is 56.1 Å². The summed E-state index contributed by atoms with van der Waals surface area (Å²) in [6.45, 7) is 2.24. The Kier molecular flexibility index (Phi) is 2.92. The second-order valence-corrected chi connectivity index (χ2v) is 7.40. The van der Waals surface area contributed by atoms with Crippen LogP contribution in [0.5, 0.6) is 5.75 Å². The predicted octanol–water partition coefficient (Wildman–Crippen LogP) is 4.12. The van der Waals surface area contributed by atoms with Crippen molar-refractivity contribution in [2.24, 2.45) is 17.3 Å². The highest BCUT2D eigenvalue weighted by atomic mass is 16.5. The summed E-state index contributed by atoms with van der Waals surface area (Å²) in [5.41, 5.74) is 3.00. The van der Waals surface area contributed by atoms with E-state index in [1.165, 1.54) is 24.0 Å². The Labute approximate surface area is 126 Å². The maximum absolute atomic E-state index is 12.3. The third-order valence-electron chi connectivity index (χ3n) is 6.64. The number of ether oxygens (including phenoxy) is 1. The molecule has 0 aromatic heterocycles. The summed E-state index contributed by atoms with van der Waals surface area (Å²) in [5.74, 6) is 3.52. The third-order valence-corrected chi connectivity index (χ3v) is 6.64. The molecule has 0 amide bonds. The molecule has 0 heterocycles. The molecule has 2 nitrogen and oxygen atoms in total. The number of carbonyl (C=O) groups excluding carboxylic acids is 1. The number of rotatable bonds is 1. The van der Waals surface area contributed by atoms with Gasteiger partial charge in [0.1, 0.15) is 11.5 Å². The predicted molar refractivity (Wildman–Crippen MR) is 82.6 cm³/mol. The second-order valence-electron chi connectivity index (χ2n) is 7.40. The van der Waals surface area contributed by atoms with Gasteiger partial charge in [0.05, 0.1) is 7.11 Å². The average Bonchev–Trinajstić information content (AvgIpc) is 2.82. The van der Waals surface area contributed by atoms with Crippen molar-refractivity contribution in [3.8, 4) is 5.75 Å². The molecule has 0 bridgehead atoms. The Balaban J connectivity index is 1.70. The molecule has 21 heavy (non-hydrogen) atoms. The molecule has 4 rings (SSSR count). The standard InChI is InChI=1S/C19H24O2/c1-19-10-9-15-14-6-4-13(21-2)11-12(14)3-5-16(15)17(19)7-8-18(19)20/h4,6,11,15-17H,3,5,7-10H2,1-2H3/t15?,16?,17?,19-/m0/s1. The van der Waals surface area contributed by atoms with Crippen molar-refractivity contribution in [3.63, 3.8) is 0 Å². The van der Waals surface area contributed by atoms with Crippen LogP contribution in [-0.4, -0.2) is 12.9 Å². The van der Waals surface area contributed by atoms with E-state index >= 15 is 0 Å². The maximum Gasteiger partial charge on any atom is 0.139 e. The fraction of sp³-hybridized carbons (Fsp3) is 0.632. The number of hydrogen-bond donors (Lipinski definition) is 0. The largest absolute Gasteiger partial charge is 0.497 e. The summed E-state index contributed by atoms with van der Waals surface area (Å²) >= 11 is 0. The van der Waals surface area contributed by atoms with Crippen molar-refractivity contribution in [2.75, 3.05) is 7.11 Å². The minimum absolute atomic E-state index is 0.00879. The minimum atomic E-state index is -0.00879. The van der Waals surface area contributed by atoms with Gasteiger partial charge in [0, 0.05) is 11.8 Å². The molecular weight excluding hydrogens is 260 g/mol. The molecule has 4 atom stereocenters. The van der Waals surface area contributed by atoms with Crippen LogP contribution >= 0.6 is 0 Å². The van der Waals surface area contributed by atoms with Gasteiger partial charge in [-0.1, -0.05) is 13.0 Å². The average molecular weight is 284 g/mol. The summed E-state index contributed by atoms with van der Waals surface area (Å²) in [6, 6.07) is 6.61. The Morgan fingerprint density at radius 3 is 2.86 bits per heavy atom. The van der Waals surface area contributed by atoms with Crippen molar-refractivity contribution >= 4 is 5.78 Å². The maximum atomic E-state index is 12.3. The van der Waals surface area contributed by atoms with Crippen LogP contribution < -0.4 is 4.74 Å². The van der Waals surface area contributed by atoms with Crippen molar-refractivity contribution in [3.05, 3.63) is 29.3 Å². The van der Waals surface area contributed by atoms with Crippen LogP contribution in [0.2, 0.25) is 0 Å². The Morgan fingerprint density at radius 2 is 2.05 bits per heavy atom. The van der Waals surface area contributed by atoms with Gasteiger partial charge in [-0.2, -0.15) is 0 Å². The van der Waals surface area contributed by atoms with Gasteiger partial charge in [-0.3, -0.25) is 4.79 Å². The van der Waals surface area contributed by atoms with E-state index in [1.54, 1.807) is 7.11 Å². The van der Waals surface area contributed by atoms with Crippen LogP contribution in [0.4, 0.5) is 0 Å². The van der Waals surface area contributed by atoms with E-state index < -0.39 is 0 Å². The van der Waals surface area contributed by atoms with Crippen molar-refractivity contribution in [2.45, 2.75) is 51.4 Å². The lowest BCUT2D eigenvalue weighted by Gasteiger charge is -2.48. The first-order valence-corrected chi connectivity index (χ1v) is 8.33. The van der Waals surface area contributed by atoms with Crippen LogP contribution in [0.3, 0.4) is 0 Å². The third kappa shape index (κ3) is 1.81. The van der Waals surface area contributed by atoms with Gasteiger partial charge in [-0.05, 0) is 73.1 Å². The summed E-state index contributed by atoms with van der Waals surface area (Å²) in [4.78, 5) is 12.3. The van der Waals surface area contributed by atoms with E-state index in [0.717, 1.165) is 37.4 Å². The number of hydrogen-bond acceptors (Lipinski definition) is 2. The molecule has 3 aliphatic carbocycles. The molecule has 3 aliphatic rings. The van der Waals surface area contributed by atoms with Gasteiger partial charge in [0.25, 0.3) is 0 Å². The summed E-state index contributed by atoms with van der Waals surface area (Å²) in [7, 11) is 1.74. The fourth-order valence-corrected chi connectivity index (χ4v) is 5.46. The first kappa shape index (κ1) is 13.4. The molecule has 3 unspecified atom stereocenters. The highest BCUT2D eigenvalue weighted by molar-refractivity contribution is 5.87. The molecule has 0 radical (unpaired) electrons. The van der Waals surface area contributed by atoms with E-state index in [0.29, 0.717) is 17.6 Å². The van der Waals surface area contributed by atoms with Gasteiger partial charge in [0.2, 0.25) is 0 Å². The molecule has 0 saturated heterocycles. The first-order chi connectivity index (χ1) is 10.1. The van der Waals surface area contributed by atoms with Crippen molar-refractivity contribution in [1.29, 1.82) is 0 Å². The lowest BCUT2D eigenvalue weighted by molar-refractivity contribution is -0.129. The van der Waals surface area contributed by atoms with Crippen LogP contribution in [0, 0.1) is 17.3 Å². The van der Waals surface area contributed by atoms with E-state index in [9.17, 15) is 4.79 Å². The first-order valence-electron chi connectivity index (χ1n) is 8.33. The summed E-state index contributed by atoms with van der Waals surface area (Å²) in [5, 5.41) is 0. The number of ketones is 1. The zero-order chi connectivity index (χ0) is 14.6.